The number of hydrogen-bond donors (Lipinski definition) is 2. The summed E-state index contributed by atoms with van der Waals surface area (Å²) in [5.41, 5.74) is -0.139. The second-order valence-corrected chi connectivity index (χ2v) is 6.46. The van der Waals surface area contributed by atoms with E-state index in [1.807, 2.05) is 0 Å². The van der Waals surface area contributed by atoms with Crippen LogP contribution in [0.5, 0.6) is 0 Å². The van der Waals surface area contributed by atoms with Crippen molar-refractivity contribution in [3.63, 3.8) is 0 Å². The van der Waals surface area contributed by atoms with Crippen LogP contribution in [0.1, 0.15) is 33.1 Å². The molecule has 1 aliphatic carbocycles. The molecule has 3 atom stereocenters. The molecule has 4 nitrogen and oxygen atoms in total. The van der Waals surface area contributed by atoms with E-state index in [1.165, 1.54) is 19.3 Å². The summed E-state index contributed by atoms with van der Waals surface area (Å²) in [6.45, 7) is 7.33. The van der Waals surface area contributed by atoms with Crippen LogP contribution in [0.25, 0.3) is 0 Å². The van der Waals surface area contributed by atoms with Crippen molar-refractivity contribution in [2.24, 2.45) is 5.92 Å². The molecule has 0 bridgehead atoms. The van der Waals surface area contributed by atoms with Crippen molar-refractivity contribution in [3.05, 3.63) is 0 Å². The molecule has 2 rings (SSSR count). The smallest absolute Gasteiger partial charge is 0.0940 e. The summed E-state index contributed by atoms with van der Waals surface area (Å²) in [5.74, 6) is 0.753. The van der Waals surface area contributed by atoms with Gasteiger partial charge in [0.1, 0.15) is 0 Å². The van der Waals surface area contributed by atoms with Crippen molar-refractivity contribution in [1.82, 2.24) is 10.2 Å². The lowest BCUT2D eigenvalue weighted by Crippen LogP contribution is -2.55. The standard InChI is InChI=1S/C14H28N2O2/c1-14(2)10-16(8-12(9-17)18-14)7-11-5-4-6-13(11)15-3/h11-13,15,17H,4-10H2,1-3H3. The zero-order valence-corrected chi connectivity index (χ0v) is 12.0. The number of aliphatic hydroxyl groups excluding tert-OH is 1. The third-order valence-electron chi connectivity index (χ3n) is 4.28. The van der Waals surface area contributed by atoms with Gasteiger partial charge in [-0.2, -0.15) is 0 Å². The van der Waals surface area contributed by atoms with Crippen LogP contribution in [0, 0.1) is 5.92 Å². The molecule has 2 fully saturated rings. The Bertz CT molecular complexity index is 271. The van der Waals surface area contributed by atoms with Gasteiger partial charge in [-0.15, -0.1) is 0 Å². The second kappa shape index (κ2) is 5.87. The van der Waals surface area contributed by atoms with Crippen LogP contribution in [0.3, 0.4) is 0 Å². The number of hydrogen-bond acceptors (Lipinski definition) is 4. The van der Waals surface area contributed by atoms with Crippen LogP contribution in [0.15, 0.2) is 0 Å². The van der Waals surface area contributed by atoms with Crippen molar-refractivity contribution in [2.45, 2.75) is 50.9 Å². The summed E-state index contributed by atoms with van der Waals surface area (Å²) in [6.07, 6.45) is 3.95. The minimum atomic E-state index is -0.139. The highest BCUT2D eigenvalue weighted by atomic mass is 16.5. The Morgan fingerprint density at radius 1 is 1.39 bits per heavy atom. The van der Waals surface area contributed by atoms with Crippen LogP contribution in [0.4, 0.5) is 0 Å². The topological polar surface area (TPSA) is 44.7 Å². The van der Waals surface area contributed by atoms with Gasteiger partial charge in [-0.1, -0.05) is 6.42 Å². The van der Waals surface area contributed by atoms with Crippen molar-refractivity contribution < 1.29 is 9.84 Å². The molecule has 3 unspecified atom stereocenters. The van der Waals surface area contributed by atoms with Gasteiger partial charge in [-0.05, 0) is 39.7 Å². The molecule has 1 saturated heterocycles. The maximum atomic E-state index is 9.34. The van der Waals surface area contributed by atoms with Crippen LogP contribution in [-0.2, 0) is 4.74 Å². The first-order valence-corrected chi connectivity index (χ1v) is 7.22. The first-order valence-electron chi connectivity index (χ1n) is 7.22. The maximum absolute atomic E-state index is 9.34. The summed E-state index contributed by atoms with van der Waals surface area (Å²) < 4.78 is 5.86. The van der Waals surface area contributed by atoms with E-state index in [0.717, 1.165) is 25.6 Å². The molecule has 0 aromatic heterocycles. The van der Waals surface area contributed by atoms with Crippen molar-refractivity contribution in [2.75, 3.05) is 33.3 Å². The van der Waals surface area contributed by atoms with Gasteiger partial charge in [0.2, 0.25) is 0 Å². The van der Waals surface area contributed by atoms with Gasteiger partial charge in [0.25, 0.3) is 0 Å². The van der Waals surface area contributed by atoms with E-state index in [9.17, 15) is 5.11 Å². The third-order valence-corrected chi connectivity index (χ3v) is 4.28. The van der Waals surface area contributed by atoms with E-state index in [-0.39, 0.29) is 18.3 Å². The molecule has 0 aromatic carbocycles. The van der Waals surface area contributed by atoms with Gasteiger partial charge in [0.05, 0.1) is 18.3 Å². The minimum Gasteiger partial charge on any atom is -0.394 e. The Hall–Kier alpha value is -0.160. The Morgan fingerprint density at radius 2 is 2.17 bits per heavy atom. The van der Waals surface area contributed by atoms with E-state index in [1.54, 1.807) is 0 Å². The van der Waals surface area contributed by atoms with E-state index in [2.05, 4.69) is 31.1 Å². The van der Waals surface area contributed by atoms with Crippen LogP contribution in [0.2, 0.25) is 0 Å². The highest BCUT2D eigenvalue weighted by Gasteiger charge is 2.35. The summed E-state index contributed by atoms with van der Waals surface area (Å²) in [5, 5.41) is 12.8. The number of ether oxygens (including phenoxy) is 1. The van der Waals surface area contributed by atoms with Gasteiger partial charge < -0.3 is 15.2 Å². The lowest BCUT2D eigenvalue weighted by atomic mass is 9.99. The monoisotopic (exact) mass is 256 g/mol. The van der Waals surface area contributed by atoms with E-state index < -0.39 is 0 Å². The highest BCUT2D eigenvalue weighted by molar-refractivity contribution is 4.89. The van der Waals surface area contributed by atoms with Gasteiger partial charge in [0.15, 0.2) is 0 Å². The van der Waals surface area contributed by atoms with Crippen LogP contribution >= 0.6 is 0 Å². The lowest BCUT2D eigenvalue weighted by Gasteiger charge is -2.43. The van der Waals surface area contributed by atoms with Gasteiger partial charge in [0, 0.05) is 25.7 Å². The molecule has 0 amide bonds. The zero-order valence-electron chi connectivity index (χ0n) is 12.0. The number of rotatable bonds is 4. The zero-order chi connectivity index (χ0) is 13.2. The molecule has 1 heterocycles. The van der Waals surface area contributed by atoms with Crippen LogP contribution in [-0.4, -0.2) is 61.0 Å². The molecule has 1 aliphatic heterocycles. The van der Waals surface area contributed by atoms with Crippen molar-refractivity contribution >= 4 is 0 Å². The summed E-state index contributed by atoms with van der Waals surface area (Å²) in [6, 6.07) is 0.670. The fourth-order valence-corrected chi connectivity index (χ4v) is 3.62. The summed E-state index contributed by atoms with van der Waals surface area (Å²) >= 11 is 0. The second-order valence-electron chi connectivity index (χ2n) is 6.46. The highest BCUT2D eigenvalue weighted by Crippen LogP contribution is 2.28. The Morgan fingerprint density at radius 3 is 2.83 bits per heavy atom. The minimum absolute atomic E-state index is 0.0248. The number of aliphatic hydroxyl groups is 1. The molecule has 106 valence electrons. The van der Waals surface area contributed by atoms with E-state index >= 15 is 0 Å². The molecule has 0 spiro atoms. The molecule has 2 aliphatic rings. The molecule has 0 aromatic rings. The molecule has 4 heteroatoms. The predicted octanol–water partition coefficient (Wildman–Crippen LogP) is 0.846. The largest absolute Gasteiger partial charge is 0.394 e. The fourth-order valence-electron chi connectivity index (χ4n) is 3.62. The van der Waals surface area contributed by atoms with Crippen molar-refractivity contribution in [3.8, 4) is 0 Å². The number of nitrogens with one attached hydrogen (secondary N) is 1. The summed E-state index contributed by atoms with van der Waals surface area (Å²) in [4.78, 5) is 2.48. The van der Waals surface area contributed by atoms with Gasteiger partial charge >= 0.3 is 0 Å². The molecule has 18 heavy (non-hydrogen) atoms. The van der Waals surface area contributed by atoms with E-state index in [0.29, 0.717) is 6.04 Å². The maximum Gasteiger partial charge on any atom is 0.0940 e. The van der Waals surface area contributed by atoms with Crippen molar-refractivity contribution in [1.29, 1.82) is 0 Å². The molecule has 0 radical (unpaired) electrons. The number of nitrogens with zero attached hydrogens (tertiary/aromatic N) is 1. The first-order chi connectivity index (χ1) is 8.54. The molecular weight excluding hydrogens is 228 g/mol. The number of morpholine rings is 1. The first kappa shape index (κ1) is 14.3. The lowest BCUT2D eigenvalue weighted by molar-refractivity contribution is -0.151. The Kier molecular flexibility index (Phi) is 4.64. The SMILES string of the molecule is CNC1CCCC1CN1CC(CO)OC(C)(C)C1. The molecule has 1 saturated carbocycles. The van der Waals surface area contributed by atoms with Gasteiger partial charge in [-0.25, -0.2) is 0 Å². The quantitative estimate of drug-likeness (QED) is 0.782. The predicted molar refractivity (Wildman–Crippen MR) is 72.7 cm³/mol. The third kappa shape index (κ3) is 3.44. The molecule has 2 N–H and O–H groups in total. The Labute approximate surface area is 111 Å². The summed E-state index contributed by atoms with van der Waals surface area (Å²) in [7, 11) is 2.07. The average molecular weight is 256 g/mol. The van der Waals surface area contributed by atoms with E-state index in [4.69, 9.17) is 4.74 Å². The molecular formula is C14H28N2O2. The normalized spacial score (nSPS) is 37.0. The average Bonchev–Trinajstić information content (AvgIpc) is 2.74. The Balaban J connectivity index is 1.91. The fraction of sp³-hybridized carbons (Fsp3) is 1.00. The van der Waals surface area contributed by atoms with Gasteiger partial charge in [-0.3, -0.25) is 4.90 Å². The van der Waals surface area contributed by atoms with Crippen LogP contribution < -0.4 is 5.32 Å².